The molecule has 2 heteroatoms. The molecule has 0 amide bonds. The molecule has 0 spiro atoms. The second-order valence-electron chi connectivity index (χ2n) is 4.90. The largest absolute Gasteiger partial charge is 0.0996 e. The average molecular weight is 247 g/mol. The van der Waals surface area contributed by atoms with Gasteiger partial charge >= 0.3 is 0 Å². The first-order valence-electron chi connectivity index (χ1n) is 4.68. The third kappa shape index (κ3) is 1.69. The highest BCUT2D eigenvalue weighted by molar-refractivity contribution is 9.09. The van der Waals surface area contributed by atoms with Crippen LogP contribution in [0.1, 0.15) is 19.3 Å². The number of allylic oxidation sites excluding steroid dienone is 1. The molecule has 0 aromatic rings. The van der Waals surface area contributed by atoms with Gasteiger partial charge in [-0.2, -0.15) is 0 Å². The van der Waals surface area contributed by atoms with Gasteiger partial charge in [-0.25, -0.2) is 0 Å². The Kier molecular flexibility index (Phi) is 2.89. The van der Waals surface area contributed by atoms with Crippen molar-refractivity contribution in [2.24, 2.45) is 0 Å². The van der Waals surface area contributed by atoms with Crippen LogP contribution in [0.15, 0.2) is 12.2 Å². The maximum Gasteiger partial charge on any atom is 0.0556 e. The third-order valence-corrected chi connectivity index (χ3v) is 7.45. The van der Waals surface area contributed by atoms with E-state index in [2.05, 4.69) is 42.1 Å². The second kappa shape index (κ2) is 3.30. The zero-order valence-electron chi connectivity index (χ0n) is 8.41. The van der Waals surface area contributed by atoms with Crippen molar-refractivity contribution < 1.29 is 0 Å². The quantitative estimate of drug-likeness (QED) is 0.397. The van der Waals surface area contributed by atoms with E-state index in [4.69, 9.17) is 0 Å². The average Bonchev–Trinajstić information content (AvgIpc) is 2.57. The summed E-state index contributed by atoms with van der Waals surface area (Å²) in [5.74, 6) is 0. The van der Waals surface area contributed by atoms with Gasteiger partial charge in [-0.15, -0.1) is 0 Å². The van der Waals surface area contributed by atoms with Crippen molar-refractivity contribution >= 4 is 24.0 Å². The molecule has 0 aromatic carbocycles. The highest BCUT2D eigenvalue weighted by Crippen LogP contribution is 2.67. The molecule has 1 atom stereocenters. The predicted molar refractivity (Wildman–Crippen MR) is 62.8 cm³/mol. The Hall–Kier alpha value is 0.437. The van der Waals surface area contributed by atoms with Gasteiger partial charge in [-0.05, 0) is 24.3 Å². The smallest absolute Gasteiger partial charge is 0.0556 e. The summed E-state index contributed by atoms with van der Waals surface area (Å²) in [6, 6.07) is 0. The number of hydrogen-bond acceptors (Lipinski definition) is 0. The molecule has 1 rings (SSSR count). The second-order valence-corrected chi connectivity index (χ2v) is 11.2. The molecule has 12 heavy (non-hydrogen) atoms. The van der Waals surface area contributed by atoms with Crippen LogP contribution in [0.5, 0.6) is 0 Å². The van der Waals surface area contributed by atoms with Crippen molar-refractivity contribution in [3.63, 3.8) is 0 Å². The molecule has 0 bridgehead atoms. The molecule has 0 aliphatic heterocycles. The SMILES string of the molecule is C=C1CC1(CCCBr)[Si](C)(C)C. The van der Waals surface area contributed by atoms with E-state index in [1.165, 1.54) is 24.8 Å². The van der Waals surface area contributed by atoms with E-state index in [1.807, 2.05) is 0 Å². The van der Waals surface area contributed by atoms with Crippen LogP contribution < -0.4 is 0 Å². The third-order valence-electron chi connectivity index (χ3n) is 3.24. The fourth-order valence-electron chi connectivity index (χ4n) is 2.12. The lowest BCUT2D eigenvalue weighted by Crippen LogP contribution is -2.29. The van der Waals surface area contributed by atoms with Gasteiger partial charge < -0.3 is 0 Å². The van der Waals surface area contributed by atoms with Crippen LogP contribution in [-0.4, -0.2) is 13.4 Å². The lowest BCUT2D eigenvalue weighted by Gasteiger charge is -2.28. The van der Waals surface area contributed by atoms with Crippen molar-refractivity contribution in [1.29, 1.82) is 0 Å². The van der Waals surface area contributed by atoms with Crippen LogP contribution >= 0.6 is 15.9 Å². The van der Waals surface area contributed by atoms with Gasteiger partial charge in [0.15, 0.2) is 0 Å². The van der Waals surface area contributed by atoms with Crippen LogP contribution in [0.2, 0.25) is 24.7 Å². The van der Waals surface area contributed by atoms with Crippen molar-refractivity contribution in [3.05, 3.63) is 12.2 Å². The Labute approximate surface area is 85.6 Å². The van der Waals surface area contributed by atoms with Gasteiger partial charge in [-0.3, -0.25) is 0 Å². The topological polar surface area (TPSA) is 0 Å². The number of alkyl halides is 1. The number of halogens is 1. The van der Waals surface area contributed by atoms with Crippen LogP contribution in [0.4, 0.5) is 0 Å². The molecule has 0 radical (unpaired) electrons. The van der Waals surface area contributed by atoms with Crippen LogP contribution in [0.25, 0.3) is 0 Å². The number of rotatable bonds is 4. The molecule has 70 valence electrons. The van der Waals surface area contributed by atoms with Gasteiger partial charge in [0.2, 0.25) is 0 Å². The van der Waals surface area contributed by atoms with Gasteiger partial charge in [0.1, 0.15) is 0 Å². The van der Waals surface area contributed by atoms with Crippen LogP contribution in [0, 0.1) is 0 Å². The summed E-state index contributed by atoms with van der Waals surface area (Å²) in [5, 5.41) is 1.76. The monoisotopic (exact) mass is 246 g/mol. The molecule has 1 fully saturated rings. The maximum atomic E-state index is 4.16. The van der Waals surface area contributed by atoms with E-state index in [9.17, 15) is 0 Å². The van der Waals surface area contributed by atoms with Crippen molar-refractivity contribution in [1.82, 2.24) is 0 Å². The Morgan fingerprint density at radius 2 is 2.00 bits per heavy atom. The molecule has 1 unspecified atom stereocenters. The Morgan fingerprint density at radius 3 is 2.25 bits per heavy atom. The Morgan fingerprint density at radius 1 is 1.50 bits per heavy atom. The van der Waals surface area contributed by atoms with Gasteiger partial charge in [-0.1, -0.05) is 47.7 Å². The molecule has 0 nitrogen and oxygen atoms in total. The van der Waals surface area contributed by atoms with E-state index in [-0.39, 0.29) is 0 Å². The first kappa shape index (κ1) is 10.5. The standard InChI is InChI=1S/C10H19BrSi/c1-9-8-10(9,6-5-7-11)12(2,3)4/h1,5-8H2,2-4H3. The summed E-state index contributed by atoms with van der Waals surface area (Å²) < 4.78 is 0. The molecule has 1 aliphatic rings. The first-order valence-corrected chi connectivity index (χ1v) is 9.30. The molecule has 0 heterocycles. The molecule has 0 saturated heterocycles. The Balaban J connectivity index is 2.60. The van der Waals surface area contributed by atoms with Gasteiger partial charge in [0, 0.05) is 5.33 Å². The van der Waals surface area contributed by atoms with Gasteiger partial charge in [0.25, 0.3) is 0 Å². The van der Waals surface area contributed by atoms with Crippen LogP contribution in [0.3, 0.4) is 0 Å². The summed E-state index contributed by atoms with van der Waals surface area (Å²) in [6.07, 6.45) is 3.99. The predicted octanol–water partition coefficient (Wildman–Crippen LogP) is 4.20. The van der Waals surface area contributed by atoms with E-state index >= 15 is 0 Å². The summed E-state index contributed by atoms with van der Waals surface area (Å²) in [6.45, 7) is 11.6. The van der Waals surface area contributed by atoms with E-state index in [1.54, 1.807) is 0 Å². The molecule has 0 N–H and O–H groups in total. The fourth-order valence-corrected chi connectivity index (χ4v) is 5.14. The zero-order chi connectivity index (χ0) is 9.41. The zero-order valence-corrected chi connectivity index (χ0v) is 11.0. The molecule has 1 aliphatic carbocycles. The lowest BCUT2D eigenvalue weighted by molar-refractivity contribution is 0.728. The summed E-state index contributed by atoms with van der Waals surface area (Å²) in [5.41, 5.74) is 1.53. The minimum absolute atomic E-state index is 0.612. The molecular formula is C10H19BrSi. The number of hydrogen-bond donors (Lipinski definition) is 0. The van der Waals surface area contributed by atoms with E-state index in [0.29, 0.717) is 5.04 Å². The maximum absolute atomic E-state index is 4.16. The fraction of sp³-hybridized carbons (Fsp3) is 0.800. The molecule has 0 aromatic heterocycles. The summed E-state index contributed by atoms with van der Waals surface area (Å²) in [4.78, 5) is 0. The highest BCUT2D eigenvalue weighted by Gasteiger charge is 2.55. The minimum Gasteiger partial charge on any atom is -0.0996 e. The molecular weight excluding hydrogens is 228 g/mol. The molecule has 1 saturated carbocycles. The first-order chi connectivity index (χ1) is 5.44. The van der Waals surface area contributed by atoms with Crippen LogP contribution in [-0.2, 0) is 0 Å². The minimum atomic E-state index is -0.994. The summed E-state index contributed by atoms with van der Waals surface area (Å²) >= 11 is 3.50. The highest BCUT2D eigenvalue weighted by atomic mass is 79.9. The van der Waals surface area contributed by atoms with Gasteiger partial charge in [0.05, 0.1) is 8.07 Å². The van der Waals surface area contributed by atoms with Crippen molar-refractivity contribution in [2.75, 3.05) is 5.33 Å². The van der Waals surface area contributed by atoms with Crippen molar-refractivity contribution in [2.45, 2.75) is 43.9 Å². The van der Waals surface area contributed by atoms with E-state index in [0.717, 1.165) is 5.33 Å². The normalized spacial score (nSPS) is 29.2. The Bertz CT molecular complexity index is 193. The van der Waals surface area contributed by atoms with E-state index < -0.39 is 8.07 Å². The van der Waals surface area contributed by atoms with Crippen molar-refractivity contribution in [3.8, 4) is 0 Å². The lowest BCUT2D eigenvalue weighted by atomic mass is 10.2. The summed E-state index contributed by atoms with van der Waals surface area (Å²) in [7, 11) is -0.994.